The molecule has 0 heterocycles. The van der Waals surface area contributed by atoms with Crippen LogP contribution in [0, 0.1) is 6.08 Å². The second-order valence-electron chi connectivity index (χ2n) is 2.07. The van der Waals surface area contributed by atoms with E-state index in [9.17, 15) is 0 Å². The van der Waals surface area contributed by atoms with Gasteiger partial charge in [-0.3, -0.25) is 0 Å². The SMILES string of the molecule is C=[C]C/C=C/CCCC. The fourth-order valence-electron chi connectivity index (χ4n) is 0.606. The zero-order valence-electron chi connectivity index (χ0n) is 6.19. The molecule has 9 heavy (non-hydrogen) atoms. The Bertz CT molecular complexity index is 80.0. The standard InChI is InChI=1S/C9H15/c1-3-5-7-9-8-6-4-2/h7,9H,1,4-6,8H2,2H3/b9-7+. The third-order valence-electron chi connectivity index (χ3n) is 1.15. The lowest BCUT2D eigenvalue weighted by atomic mass is 10.2. The predicted octanol–water partition coefficient (Wildman–Crippen LogP) is 3.11. The van der Waals surface area contributed by atoms with Crippen LogP contribution in [0.3, 0.4) is 0 Å². The molecule has 1 radical (unpaired) electrons. The number of rotatable bonds is 5. The molecule has 0 aromatic heterocycles. The Labute approximate surface area is 58.3 Å². The lowest BCUT2D eigenvalue weighted by Gasteiger charge is -1.85. The minimum atomic E-state index is 0.893. The molecule has 0 spiro atoms. The number of allylic oxidation sites excluding steroid dienone is 3. The van der Waals surface area contributed by atoms with E-state index in [1.54, 1.807) is 0 Å². The summed E-state index contributed by atoms with van der Waals surface area (Å²) in [4.78, 5) is 0. The molecule has 51 valence electrons. The highest BCUT2D eigenvalue weighted by Gasteiger charge is 1.75. The van der Waals surface area contributed by atoms with Crippen LogP contribution in [0.2, 0.25) is 0 Å². The van der Waals surface area contributed by atoms with Crippen molar-refractivity contribution in [1.82, 2.24) is 0 Å². The van der Waals surface area contributed by atoms with Crippen molar-refractivity contribution in [1.29, 1.82) is 0 Å². The fraction of sp³-hybridized carbons (Fsp3) is 0.556. The first-order valence-electron chi connectivity index (χ1n) is 3.56. The molecule has 0 amide bonds. The second-order valence-corrected chi connectivity index (χ2v) is 2.07. The zero-order chi connectivity index (χ0) is 6.95. The van der Waals surface area contributed by atoms with Crippen LogP contribution < -0.4 is 0 Å². The molecule has 0 N–H and O–H groups in total. The molecule has 0 aromatic carbocycles. The van der Waals surface area contributed by atoms with Gasteiger partial charge < -0.3 is 0 Å². The van der Waals surface area contributed by atoms with Gasteiger partial charge in [0.25, 0.3) is 0 Å². The Balaban J connectivity index is 2.94. The Morgan fingerprint density at radius 1 is 1.44 bits per heavy atom. The Hall–Kier alpha value is -0.520. The van der Waals surface area contributed by atoms with Crippen LogP contribution in [-0.4, -0.2) is 0 Å². The maximum atomic E-state index is 3.50. The molecule has 0 saturated heterocycles. The normalized spacial score (nSPS) is 10.3. The first kappa shape index (κ1) is 8.48. The monoisotopic (exact) mass is 123 g/mol. The maximum absolute atomic E-state index is 3.50. The largest absolute Gasteiger partial charge is 0.0953 e. The van der Waals surface area contributed by atoms with E-state index >= 15 is 0 Å². The molecule has 0 aliphatic heterocycles. The predicted molar refractivity (Wildman–Crippen MR) is 42.2 cm³/mol. The van der Waals surface area contributed by atoms with Gasteiger partial charge in [-0.05, 0) is 18.9 Å². The molecule has 0 heteroatoms. The average Bonchev–Trinajstić information content (AvgIpc) is 1.89. The van der Waals surface area contributed by atoms with Crippen molar-refractivity contribution in [3.63, 3.8) is 0 Å². The van der Waals surface area contributed by atoms with E-state index in [1.165, 1.54) is 19.3 Å². The number of hydrogen-bond donors (Lipinski definition) is 0. The van der Waals surface area contributed by atoms with Gasteiger partial charge in [0.1, 0.15) is 0 Å². The molecule has 0 aliphatic carbocycles. The minimum Gasteiger partial charge on any atom is -0.0953 e. The summed E-state index contributed by atoms with van der Waals surface area (Å²) in [5.41, 5.74) is 0. The van der Waals surface area contributed by atoms with E-state index in [-0.39, 0.29) is 0 Å². The molecule has 0 aliphatic rings. The highest BCUT2D eigenvalue weighted by atomic mass is 13.8. The second kappa shape index (κ2) is 7.48. The average molecular weight is 123 g/mol. The van der Waals surface area contributed by atoms with E-state index in [2.05, 4.69) is 31.7 Å². The van der Waals surface area contributed by atoms with E-state index in [4.69, 9.17) is 0 Å². The summed E-state index contributed by atoms with van der Waals surface area (Å²) in [7, 11) is 0. The lowest BCUT2D eigenvalue weighted by molar-refractivity contribution is 0.813. The molecule has 0 saturated carbocycles. The molecule has 0 rings (SSSR count). The zero-order valence-corrected chi connectivity index (χ0v) is 6.19. The van der Waals surface area contributed by atoms with Gasteiger partial charge in [0.15, 0.2) is 0 Å². The number of hydrogen-bond acceptors (Lipinski definition) is 0. The fourth-order valence-corrected chi connectivity index (χ4v) is 0.606. The summed E-state index contributed by atoms with van der Waals surface area (Å²) in [6.45, 7) is 5.70. The van der Waals surface area contributed by atoms with Crippen LogP contribution in [0.1, 0.15) is 32.6 Å². The first-order valence-corrected chi connectivity index (χ1v) is 3.56. The van der Waals surface area contributed by atoms with Crippen molar-refractivity contribution in [3.05, 3.63) is 24.8 Å². The van der Waals surface area contributed by atoms with Crippen LogP contribution in [0.15, 0.2) is 18.7 Å². The highest BCUT2D eigenvalue weighted by molar-refractivity contribution is 4.84. The van der Waals surface area contributed by atoms with Crippen molar-refractivity contribution in [2.45, 2.75) is 32.6 Å². The molecule has 0 bridgehead atoms. The smallest absolute Gasteiger partial charge is 0.0101 e. The molecule has 0 aromatic rings. The lowest BCUT2D eigenvalue weighted by Crippen LogP contribution is -1.65. The Kier molecular flexibility index (Phi) is 7.05. The summed E-state index contributed by atoms with van der Waals surface area (Å²) >= 11 is 0. The molecule has 0 unspecified atom stereocenters. The van der Waals surface area contributed by atoms with E-state index in [0.717, 1.165) is 6.42 Å². The van der Waals surface area contributed by atoms with Crippen molar-refractivity contribution in [2.24, 2.45) is 0 Å². The summed E-state index contributed by atoms with van der Waals surface area (Å²) in [6.07, 6.45) is 11.8. The molecule has 0 fully saturated rings. The van der Waals surface area contributed by atoms with Crippen molar-refractivity contribution in [2.75, 3.05) is 0 Å². The van der Waals surface area contributed by atoms with E-state index in [0.29, 0.717) is 0 Å². The van der Waals surface area contributed by atoms with Crippen molar-refractivity contribution in [3.8, 4) is 0 Å². The maximum Gasteiger partial charge on any atom is -0.0101 e. The first-order chi connectivity index (χ1) is 4.41. The van der Waals surface area contributed by atoms with Gasteiger partial charge in [-0.1, -0.05) is 38.5 Å². The van der Waals surface area contributed by atoms with Gasteiger partial charge in [0, 0.05) is 0 Å². The van der Waals surface area contributed by atoms with Gasteiger partial charge in [-0.15, -0.1) is 0 Å². The minimum absolute atomic E-state index is 0.893. The topological polar surface area (TPSA) is 0 Å². The van der Waals surface area contributed by atoms with Gasteiger partial charge >= 0.3 is 0 Å². The Morgan fingerprint density at radius 3 is 2.78 bits per heavy atom. The third kappa shape index (κ3) is 7.48. The van der Waals surface area contributed by atoms with Crippen molar-refractivity contribution < 1.29 is 0 Å². The summed E-state index contributed by atoms with van der Waals surface area (Å²) < 4.78 is 0. The summed E-state index contributed by atoms with van der Waals surface area (Å²) in [5, 5.41) is 0. The van der Waals surface area contributed by atoms with E-state index < -0.39 is 0 Å². The van der Waals surface area contributed by atoms with Gasteiger partial charge in [0.05, 0.1) is 0 Å². The van der Waals surface area contributed by atoms with Crippen LogP contribution in [0.4, 0.5) is 0 Å². The third-order valence-corrected chi connectivity index (χ3v) is 1.15. The van der Waals surface area contributed by atoms with Crippen LogP contribution >= 0.6 is 0 Å². The Morgan fingerprint density at radius 2 is 2.22 bits per heavy atom. The van der Waals surface area contributed by atoms with Gasteiger partial charge in [-0.25, -0.2) is 0 Å². The van der Waals surface area contributed by atoms with Gasteiger partial charge in [-0.2, -0.15) is 0 Å². The number of unbranched alkanes of at least 4 members (excludes halogenated alkanes) is 2. The van der Waals surface area contributed by atoms with E-state index in [1.807, 2.05) is 0 Å². The highest BCUT2D eigenvalue weighted by Crippen LogP contribution is 1.95. The molecular formula is C9H15. The quantitative estimate of drug-likeness (QED) is 0.389. The van der Waals surface area contributed by atoms with Crippen LogP contribution in [-0.2, 0) is 0 Å². The molecule has 0 nitrogen and oxygen atoms in total. The molecule has 0 atom stereocenters. The summed E-state index contributed by atoms with van der Waals surface area (Å²) in [6, 6.07) is 0. The molecular weight excluding hydrogens is 108 g/mol. The van der Waals surface area contributed by atoms with Gasteiger partial charge in [0.2, 0.25) is 0 Å². The summed E-state index contributed by atoms with van der Waals surface area (Å²) in [5.74, 6) is 0. The van der Waals surface area contributed by atoms with Crippen LogP contribution in [0.5, 0.6) is 0 Å². The van der Waals surface area contributed by atoms with Crippen LogP contribution in [0.25, 0.3) is 0 Å². The van der Waals surface area contributed by atoms with Crippen molar-refractivity contribution >= 4 is 0 Å².